The molecule has 1 aliphatic heterocycles. The summed E-state index contributed by atoms with van der Waals surface area (Å²) in [6.45, 7) is 7.32. The first kappa shape index (κ1) is 23.6. The first-order valence-electron chi connectivity index (χ1n) is 8.60. The van der Waals surface area contributed by atoms with Gasteiger partial charge >= 0.3 is 0 Å². The van der Waals surface area contributed by atoms with E-state index >= 15 is 0 Å². The van der Waals surface area contributed by atoms with Crippen LogP contribution in [0.3, 0.4) is 0 Å². The van der Waals surface area contributed by atoms with Crippen molar-refractivity contribution in [1.82, 2.24) is 9.80 Å². The summed E-state index contributed by atoms with van der Waals surface area (Å²) in [6, 6.07) is 13.8. The first-order valence-corrected chi connectivity index (χ1v) is 8.98. The van der Waals surface area contributed by atoms with Crippen molar-refractivity contribution in [2.75, 3.05) is 31.9 Å². The molecule has 1 amide bonds. The van der Waals surface area contributed by atoms with Crippen molar-refractivity contribution in [2.45, 2.75) is 19.9 Å². The molecule has 27 heavy (non-hydrogen) atoms. The third-order valence-electron chi connectivity index (χ3n) is 4.99. The van der Waals surface area contributed by atoms with E-state index in [2.05, 4.69) is 24.0 Å². The van der Waals surface area contributed by atoms with Gasteiger partial charge in [0.1, 0.15) is 0 Å². The average Bonchev–Trinajstić information content (AvgIpc) is 2.63. The van der Waals surface area contributed by atoms with Gasteiger partial charge in [-0.2, -0.15) is 0 Å². The van der Waals surface area contributed by atoms with E-state index in [0.717, 1.165) is 36.8 Å². The van der Waals surface area contributed by atoms with Crippen molar-refractivity contribution in [3.8, 4) is 0 Å². The van der Waals surface area contributed by atoms with Gasteiger partial charge in [0.15, 0.2) is 0 Å². The molecule has 0 radical (unpaired) electrons. The maximum Gasteiger partial charge on any atom is 0.254 e. The smallest absolute Gasteiger partial charge is 0.254 e. The van der Waals surface area contributed by atoms with Crippen LogP contribution in [-0.2, 0) is 0 Å². The second kappa shape index (κ2) is 10.2. The zero-order valence-electron chi connectivity index (χ0n) is 15.5. The van der Waals surface area contributed by atoms with Crippen LogP contribution >= 0.6 is 36.4 Å². The van der Waals surface area contributed by atoms with Crippen molar-refractivity contribution in [3.05, 3.63) is 64.2 Å². The third kappa shape index (κ3) is 5.52. The van der Waals surface area contributed by atoms with Crippen LogP contribution in [0.15, 0.2) is 42.5 Å². The van der Waals surface area contributed by atoms with E-state index in [1.165, 1.54) is 5.56 Å². The molecule has 1 saturated heterocycles. The number of rotatable bonds is 3. The van der Waals surface area contributed by atoms with Gasteiger partial charge in [-0.3, -0.25) is 9.69 Å². The number of nitrogen functional groups attached to an aromatic ring is 1. The summed E-state index contributed by atoms with van der Waals surface area (Å²) in [4.78, 5) is 17.1. The van der Waals surface area contributed by atoms with Gasteiger partial charge in [-0.1, -0.05) is 29.8 Å². The first-order chi connectivity index (χ1) is 12.0. The predicted octanol–water partition coefficient (Wildman–Crippen LogP) is 4.59. The second-order valence-electron chi connectivity index (χ2n) is 6.63. The summed E-state index contributed by atoms with van der Waals surface area (Å²) >= 11 is 5.97. The van der Waals surface area contributed by atoms with Gasteiger partial charge in [-0.05, 0) is 49.2 Å². The van der Waals surface area contributed by atoms with Gasteiger partial charge < -0.3 is 10.6 Å². The molecule has 0 bridgehead atoms. The molecular weight excluding hydrogens is 405 g/mol. The molecule has 2 aromatic carbocycles. The van der Waals surface area contributed by atoms with Crippen molar-refractivity contribution in [1.29, 1.82) is 0 Å². The van der Waals surface area contributed by atoms with Crippen molar-refractivity contribution in [3.63, 3.8) is 0 Å². The van der Waals surface area contributed by atoms with Gasteiger partial charge in [0.05, 0.1) is 0 Å². The lowest BCUT2D eigenvalue weighted by molar-refractivity contribution is 0.0581. The SMILES string of the molecule is Cc1ccc(N)cc1C(=O)N1CCN(C(C)c2ccc(Cl)cc2)CC1.Cl.Cl. The highest BCUT2D eigenvalue weighted by atomic mass is 35.5. The number of halogens is 3. The van der Waals surface area contributed by atoms with E-state index < -0.39 is 0 Å². The fourth-order valence-corrected chi connectivity index (χ4v) is 3.43. The minimum absolute atomic E-state index is 0. The average molecular weight is 431 g/mol. The molecule has 1 heterocycles. The molecule has 3 rings (SSSR count). The molecule has 1 aliphatic rings. The Kier molecular flexibility index (Phi) is 8.89. The number of hydrogen-bond acceptors (Lipinski definition) is 3. The molecule has 2 aromatic rings. The van der Waals surface area contributed by atoms with E-state index in [4.69, 9.17) is 17.3 Å². The maximum atomic E-state index is 12.8. The van der Waals surface area contributed by atoms with Crippen LogP contribution in [0.25, 0.3) is 0 Å². The normalized spacial score (nSPS) is 15.4. The Balaban J connectivity index is 0.00000182. The zero-order valence-corrected chi connectivity index (χ0v) is 17.9. The van der Waals surface area contributed by atoms with Gasteiger partial charge in [0, 0.05) is 48.5 Å². The van der Waals surface area contributed by atoms with Crippen molar-refractivity contribution in [2.24, 2.45) is 0 Å². The lowest BCUT2D eigenvalue weighted by Crippen LogP contribution is -2.49. The molecular formula is C20H26Cl3N3O. The Morgan fingerprint density at radius 3 is 2.22 bits per heavy atom. The summed E-state index contributed by atoms with van der Waals surface area (Å²) in [7, 11) is 0. The molecule has 0 aliphatic carbocycles. The summed E-state index contributed by atoms with van der Waals surface area (Å²) in [5, 5.41) is 0.754. The van der Waals surface area contributed by atoms with Crippen LogP contribution < -0.4 is 5.73 Å². The van der Waals surface area contributed by atoms with Crippen LogP contribution in [0.2, 0.25) is 5.02 Å². The molecule has 1 atom stereocenters. The Hall–Kier alpha value is -1.46. The molecule has 0 spiro atoms. The summed E-state index contributed by atoms with van der Waals surface area (Å²) in [6.07, 6.45) is 0. The number of anilines is 1. The summed E-state index contributed by atoms with van der Waals surface area (Å²) in [5.41, 5.74) is 9.39. The topological polar surface area (TPSA) is 49.6 Å². The van der Waals surface area contributed by atoms with E-state index in [1.54, 1.807) is 6.07 Å². The minimum Gasteiger partial charge on any atom is -0.399 e. The van der Waals surface area contributed by atoms with Crippen LogP contribution in [0, 0.1) is 6.92 Å². The monoisotopic (exact) mass is 429 g/mol. The predicted molar refractivity (Wildman–Crippen MR) is 117 cm³/mol. The number of nitrogens with two attached hydrogens (primary N) is 1. The van der Waals surface area contributed by atoms with Crippen LogP contribution in [0.5, 0.6) is 0 Å². The van der Waals surface area contributed by atoms with Crippen molar-refractivity contribution >= 4 is 48.0 Å². The fourth-order valence-electron chi connectivity index (χ4n) is 3.30. The highest BCUT2D eigenvalue weighted by Crippen LogP contribution is 2.24. The lowest BCUT2D eigenvalue weighted by atomic mass is 10.0. The van der Waals surface area contributed by atoms with Gasteiger partial charge in [-0.25, -0.2) is 0 Å². The maximum absolute atomic E-state index is 12.8. The van der Waals surface area contributed by atoms with E-state index in [0.29, 0.717) is 17.3 Å². The number of benzene rings is 2. The molecule has 148 valence electrons. The Morgan fingerprint density at radius 2 is 1.63 bits per heavy atom. The molecule has 1 unspecified atom stereocenters. The quantitative estimate of drug-likeness (QED) is 0.724. The summed E-state index contributed by atoms with van der Waals surface area (Å²) in [5.74, 6) is 0.0728. The highest BCUT2D eigenvalue weighted by Gasteiger charge is 2.26. The molecule has 1 fully saturated rings. The van der Waals surface area contributed by atoms with E-state index in [9.17, 15) is 4.79 Å². The number of hydrogen-bond donors (Lipinski definition) is 1. The fraction of sp³-hybridized carbons (Fsp3) is 0.350. The largest absolute Gasteiger partial charge is 0.399 e. The van der Waals surface area contributed by atoms with Gasteiger partial charge in [0.25, 0.3) is 5.91 Å². The summed E-state index contributed by atoms with van der Waals surface area (Å²) < 4.78 is 0. The van der Waals surface area contributed by atoms with Crippen molar-refractivity contribution < 1.29 is 4.79 Å². The highest BCUT2D eigenvalue weighted by molar-refractivity contribution is 6.30. The zero-order chi connectivity index (χ0) is 18.0. The number of aryl methyl sites for hydroxylation is 1. The molecule has 2 N–H and O–H groups in total. The van der Waals surface area contributed by atoms with Crippen LogP contribution in [-0.4, -0.2) is 41.9 Å². The number of carbonyl (C=O) groups is 1. The Labute approximate surface area is 178 Å². The standard InChI is InChI=1S/C20H24ClN3O.2ClH/c1-14-3-8-18(22)13-19(14)20(25)24-11-9-23(10-12-24)15(2)16-4-6-17(21)7-5-16;;/h3-8,13,15H,9-12,22H2,1-2H3;2*1H. The Morgan fingerprint density at radius 1 is 1.04 bits per heavy atom. The number of piperazine rings is 1. The molecule has 0 aromatic heterocycles. The Bertz CT molecular complexity index is 760. The molecule has 7 heteroatoms. The minimum atomic E-state index is 0. The third-order valence-corrected chi connectivity index (χ3v) is 5.25. The van der Waals surface area contributed by atoms with Gasteiger partial charge in [-0.15, -0.1) is 24.8 Å². The molecule has 0 saturated carbocycles. The van der Waals surface area contributed by atoms with Gasteiger partial charge in [0.2, 0.25) is 0 Å². The number of carbonyl (C=O) groups excluding carboxylic acids is 1. The number of amides is 1. The van der Waals surface area contributed by atoms with E-state index in [1.807, 2.05) is 36.1 Å². The van der Waals surface area contributed by atoms with Crippen LogP contribution in [0.4, 0.5) is 5.69 Å². The molecule has 4 nitrogen and oxygen atoms in total. The lowest BCUT2D eigenvalue weighted by Gasteiger charge is -2.38. The second-order valence-corrected chi connectivity index (χ2v) is 7.07. The number of nitrogens with zero attached hydrogens (tertiary/aromatic N) is 2. The van der Waals surface area contributed by atoms with E-state index in [-0.39, 0.29) is 30.7 Å². The van der Waals surface area contributed by atoms with Crippen LogP contribution in [0.1, 0.15) is 34.5 Å².